The van der Waals surface area contributed by atoms with E-state index in [2.05, 4.69) is 43.0 Å². The summed E-state index contributed by atoms with van der Waals surface area (Å²) in [6, 6.07) is 0. The van der Waals surface area contributed by atoms with Crippen molar-refractivity contribution >= 4 is 0 Å². The summed E-state index contributed by atoms with van der Waals surface area (Å²) in [7, 11) is 0. The highest BCUT2D eigenvalue weighted by Crippen LogP contribution is 2.22. The summed E-state index contributed by atoms with van der Waals surface area (Å²) in [5, 5.41) is 0. The van der Waals surface area contributed by atoms with Gasteiger partial charge < -0.3 is 9.80 Å². The van der Waals surface area contributed by atoms with Crippen LogP contribution in [-0.4, -0.2) is 29.1 Å². The minimum Gasteiger partial charge on any atom is -0.356 e. The Bertz CT molecular complexity index is 366. The van der Waals surface area contributed by atoms with Gasteiger partial charge in [-0.1, -0.05) is 117 Å². The molecule has 2 nitrogen and oxygen atoms in total. The van der Waals surface area contributed by atoms with Gasteiger partial charge in [-0.3, -0.25) is 0 Å². The normalized spacial score (nSPS) is 16.3. The molecule has 0 spiro atoms. The van der Waals surface area contributed by atoms with Gasteiger partial charge in [-0.15, -0.1) is 0 Å². The van der Waals surface area contributed by atoms with E-state index in [-0.39, 0.29) is 0 Å². The van der Waals surface area contributed by atoms with Crippen LogP contribution in [0.4, 0.5) is 0 Å². The third-order valence-corrected chi connectivity index (χ3v) is 6.57. The Morgan fingerprint density at radius 2 is 0.793 bits per heavy atom. The highest BCUT2D eigenvalue weighted by Gasteiger charge is 2.24. The van der Waals surface area contributed by atoms with Crippen LogP contribution in [0.5, 0.6) is 0 Å². The van der Waals surface area contributed by atoms with E-state index in [1.807, 2.05) is 0 Å². The molecule has 1 heterocycles. The molecule has 0 aromatic carbocycles. The largest absolute Gasteiger partial charge is 0.356 e. The maximum Gasteiger partial charge on any atom is 0.101 e. The lowest BCUT2D eigenvalue weighted by Crippen LogP contribution is -2.39. The van der Waals surface area contributed by atoms with Crippen LogP contribution in [0.1, 0.15) is 143 Å². The highest BCUT2D eigenvalue weighted by molar-refractivity contribution is 4.96. The van der Waals surface area contributed by atoms with Crippen molar-refractivity contribution in [2.45, 2.75) is 149 Å². The van der Waals surface area contributed by atoms with Gasteiger partial charge in [-0.25, -0.2) is 0 Å². The molecule has 0 saturated heterocycles. The average molecular weight is 407 g/mol. The molecule has 0 aromatic heterocycles. The molecular formula is C27H54N2. The molecule has 1 atom stereocenters. The molecule has 0 radical (unpaired) electrons. The van der Waals surface area contributed by atoms with Gasteiger partial charge in [-0.05, 0) is 25.7 Å². The fourth-order valence-electron chi connectivity index (χ4n) is 4.58. The van der Waals surface area contributed by atoms with Gasteiger partial charge in [0.15, 0.2) is 0 Å². The topological polar surface area (TPSA) is 6.48 Å². The molecule has 0 bridgehead atoms. The van der Waals surface area contributed by atoms with Crippen LogP contribution in [0.3, 0.4) is 0 Å². The van der Waals surface area contributed by atoms with E-state index in [1.165, 1.54) is 135 Å². The van der Waals surface area contributed by atoms with Crippen LogP contribution in [0, 0.1) is 0 Å². The minimum absolute atomic E-state index is 0.643. The zero-order chi connectivity index (χ0) is 21.0. The molecule has 1 rings (SSSR count). The third-order valence-electron chi connectivity index (χ3n) is 6.57. The molecule has 29 heavy (non-hydrogen) atoms. The molecule has 0 aromatic rings. The Morgan fingerprint density at radius 3 is 1.24 bits per heavy atom. The van der Waals surface area contributed by atoms with E-state index >= 15 is 0 Å². The van der Waals surface area contributed by atoms with Gasteiger partial charge in [0.2, 0.25) is 0 Å². The van der Waals surface area contributed by atoms with E-state index in [9.17, 15) is 0 Å². The molecule has 1 unspecified atom stereocenters. The predicted octanol–water partition coefficient (Wildman–Crippen LogP) is 8.87. The zero-order valence-corrected chi connectivity index (χ0v) is 20.5. The van der Waals surface area contributed by atoms with Crippen molar-refractivity contribution in [3.63, 3.8) is 0 Å². The maximum absolute atomic E-state index is 2.64. The second-order valence-electron chi connectivity index (χ2n) is 9.35. The van der Waals surface area contributed by atoms with Crippen molar-refractivity contribution in [3.8, 4) is 0 Å². The first kappa shape index (κ1) is 26.4. The van der Waals surface area contributed by atoms with Crippen molar-refractivity contribution in [3.05, 3.63) is 12.4 Å². The van der Waals surface area contributed by atoms with Crippen LogP contribution < -0.4 is 0 Å². The summed E-state index contributed by atoms with van der Waals surface area (Å²) in [6.45, 7) is 9.42. The first-order valence-electron chi connectivity index (χ1n) is 13.5. The van der Waals surface area contributed by atoms with Crippen LogP contribution in [0.15, 0.2) is 12.4 Å². The summed E-state index contributed by atoms with van der Waals surface area (Å²) >= 11 is 0. The molecule has 0 saturated carbocycles. The fourth-order valence-corrected chi connectivity index (χ4v) is 4.58. The van der Waals surface area contributed by atoms with Gasteiger partial charge in [-0.2, -0.15) is 0 Å². The SMILES string of the molecule is CCCCCCCCCCCCCCCN1C=CN(CCCCC)C1CCCC. The molecule has 1 aliphatic rings. The second-order valence-corrected chi connectivity index (χ2v) is 9.35. The van der Waals surface area contributed by atoms with Gasteiger partial charge in [0.05, 0.1) is 0 Å². The van der Waals surface area contributed by atoms with Crippen molar-refractivity contribution in [2.75, 3.05) is 13.1 Å². The van der Waals surface area contributed by atoms with Crippen molar-refractivity contribution in [2.24, 2.45) is 0 Å². The highest BCUT2D eigenvalue weighted by atomic mass is 15.4. The number of hydrogen-bond acceptors (Lipinski definition) is 2. The smallest absolute Gasteiger partial charge is 0.101 e. The number of hydrogen-bond donors (Lipinski definition) is 0. The van der Waals surface area contributed by atoms with Gasteiger partial charge in [0, 0.05) is 25.5 Å². The zero-order valence-electron chi connectivity index (χ0n) is 20.5. The van der Waals surface area contributed by atoms with E-state index in [0.29, 0.717) is 6.17 Å². The summed E-state index contributed by atoms with van der Waals surface area (Å²) in [6.07, 6.45) is 32.2. The Balaban J connectivity index is 2.02. The van der Waals surface area contributed by atoms with Crippen LogP contribution in [0.2, 0.25) is 0 Å². The average Bonchev–Trinajstić information content (AvgIpc) is 3.11. The van der Waals surface area contributed by atoms with E-state index in [0.717, 1.165) is 0 Å². The predicted molar refractivity (Wildman–Crippen MR) is 131 cm³/mol. The number of rotatable bonds is 21. The van der Waals surface area contributed by atoms with Crippen LogP contribution in [-0.2, 0) is 0 Å². The summed E-state index contributed by atoms with van der Waals surface area (Å²) in [5.41, 5.74) is 0. The first-order valence-corrected chi connectivity index (χ1v) is 13.5. The monoisotopic (exact) mass is 406 g/mol. The van der Waals surface area contributed by atoms with Gasteiger partial charge >= 0.3 is 0 Å². The number of nitrogens with zero attached hydrogens (tertiary/aromatic N) is 2. The summed E-state index contributed by atoms with van der Waals surface area (Å²) in [4.78, 5) is 5.26. The maximum atomic E-state index is 2.64. The lowest BCUT2D eigenvalue weighted by Gasteiger charge is -2.33. The van der Waals surface area contributed by atoms with Crippen LogP contribution in [0.25, 0.3) is 0 Å². The molecular weight excluding hydrogens is 352 g/mol. The van der Waals surface area contributed by atoms with Gasteiger partial charge in [0.1, 0.15) is 6.17 Å². The van der Waals surface area contributed by atoms with Gasteiger partial charge in [0.25, 0.3) is 0 Å². The Morgan fingerprint density at radius 1 is 0.448 bits per heavy atom. The standard InChI is InChI=1S/C27H54N2/c1-4-7-10-11-12-13-14-15-16-17-18-19-21-24-29-26-25-28(23-20-8-5-2)27(29)22-9-6-3/h25-27H,4-24H2,1-3H3. The molecule has 0 amide bonds. The Kier molecular flexibility index (Phi) is 17.6. The van der Waals surface area contributed by atoms with Crippen molar-refractivity contribution in [1.29, 1.82) is 0 Å². The Hall–Kier alpha value is -0.660. The third kappa shape index (κ3) is 13.3. The fraction of sp³-hybridized carbons (Fsp3) is 0.926. The molecule has 1 aliphatic heterocycles. The molecule has 172 valence electrons. The Labute approximate surface area is 184 Å². The quantitative estimate of drug-likeness (QED) is 0.176. The lowest BCUT2D eigenvalue weighted by atomic mass is 10.0. The van der Waals surface area contributed by atoms with E-state index in [1.54, 1.807) is 0 Å². The second kappa shape index (κ2) is 19.3. The van der Waals surface area contributed by atoms with E-state index < -0.39 is 0 Å². The summed E-state index contributed by atoms with van der Waals surface area (Å²) in [5.74, 6) is 0. The van der Waals surface area contributed by atoms with Crippen LogP contribution >= 0.6 is 0 Å². The molecule has 2 heteroatoms. The minimum atomic E-state index is 0.643. The van der Waals surface area contributed by atoms with E-state index in [4.69, 9.17) is 0 Å². The lowest BCUT2D eigenvalue weighted by molar-refractivity contribution is 0.136. The summed E-state index contributed by atoms with van der Waals surface area (Å²) < 4.78 is 0. The molecule has 0 fully saturated rings. The first-order chi connectivity index (χ1) is 14.3. The van der Waals surface area contributed by atoms with Crippen molar-refractivity contribution < 1.29 is 0 Å². The molecule has 0 N–H and O–H groups in total. The molecule has 0 aliphatic carbocycles. The number of unbranched alkanes of at least 4 members (excludes halogenated alkanes) is 15. The van der Waals surface area contributed by atoms with Crippen molar-refractivity contribution in [1.82, 2.24) is 9.80 Å².